The Morgan fingerprint density at radius 3 is 2.44 bits per heavy atom. The molecule has 0 aliphatic carbocycles. The number of aryl methyl sites for hydroxylation is 1. The van der Waals surface area contributed by atoms with Crippen LogP contribution in [0.2, 0.25) is 0 Å². The van der Waals surface area contributed by atoms with Gasteiger partial charge in [-0.2, -0.15) is 0 Å². The van der Waals surface area contributed by atoms with Crippen molar-refractivity contribution in [2.24, 2.45) is 5.73 Å². The van der Waals surface area contributed by atoms with Crippen molar-refractivity contribution in [2.45, 2.75) is 32.4 Å². The van der Waals surface area contributed by atoms with E-state index in [-0.39, 0.29) is 0 Å². The molecule has 1 aromatic carbocycles. The van der Waals surface area contributed by atoms with Crippen LogP contribution in [0.15, 0.2) is 12.1 Å². The molecule has 1 rings (SSSR count). The summed E-state index contributed by atoms with van der Waals surface area (Å²) >= 11 is 0. The van der Waals surface area contributed by atoms with Gasteiger partial charge in [-0.05, 0) is 50.4 Å². The number of ether oxygens (including phenoxy) is 2. The molecule has 0 radical (unpaired) electrons. The van der Waals surface area contributed by atoms with Gasteiger partial charge >= 0.3 is 0 Å². The fraction of sp³-hybridized carbons (Fsp3) is 0.571. The first kappa shape index (κ1) is 14.8. The second-order valence-corrected chi connectivity index (χ2v) is 4.28. The highest BCUT2D eigenvalue weighted by Gasteiger charge is 2.16. The summed E-state index contributed by atoms with van der Waals surface area (Å²) in [5.41, 5.74) is 7.07. The van der Waals surface area contributed by atoms with Gasteiger partial charge in [0.05, 0.1) is 14.2 Å². The van der Waals surface area contributed by atoms with Gasteiger partial charge in [0.25, 0.3) is 0 Å². The molecular formula is C14H22FNO2. The predicted molar refractivity (Wildman–Crippen MR) is 71.1 cm³/mol. The van der Waals surface area contributed by atoms with E-state index >= 15 is 0 Å². The van der Waals surface area contributed by atoms with Crippen LogP contribution >= 0.6 is 0 Å². The fourth-order valence-electron chi connectivity index (χ4n) is 1.97. The Balaban J connectivity index is 3.03. The van der Waals surface area contributed by atoms with Crippen molar-refractivity contribution in [3.63, 3.8) is 0 Å². The number of unbranched alkanes of at least 4 members (excludes halogenated alkanes) is 1. The number of rotatable bonds is 7. The highest BCUT2D eigenvalue weighted by atomic mass is 19.1. The summed E-state index contributed by atoms with van der Waals surface area (Å²) in [6.45, 7) is 2.18. The molecule has 102 valence electrons. The Morgan fingerprint density at radius 2 is 1.94 bits per heavy atom. The smallest absolute Gasteiger partial charge is 0.166 e. The number of hydrogen-bond acceptors (Lipinski definition) is 3. The van der Waals surface area contributed by atoms with Gasteiger partial charge in [0.15, 0.2) is 11.5 Å². The highest BCUT2D eigenvalue weighted by Crippen LogP contribution is 2.37. The van der Waals surface area contributed by atoms with Crippen molar-refractivity contribution in [3.05, 3.63) is 23.3 Å². The Morgan fingerprint density at radius 1 is 1.22 bits per heavy atom. The van der Waals surface area contributed by atoms with E-state index in [9.17, 15) is 4.39 Å². The third kappa shape index (κ3) is 3.60. The Labute approximate surface area is 108 Å². The summed E-state index contributed by atoms with van der Waals surface area (Å²) in [6, 6.07) is 3.75. The molecule has 0 amide bonds. The molecule has 0 saturated heterocycles. The second-order valence-electron chi connectivity index (χ2n) is 4.28. The molecule has 0 fully saturated rings. The maximum Gasteiger partial charge on any atom is 0.166 e. The van der Waals surface area contributed by atoms with E-state index in [0.29, 0.717) is 23.6 Å². The maximum atomic E-state index is 13.6. The van der Waals surface area contributed by atoms with E-state index in [1.54, 1.807) is 7.11 Å². The molecule has 3 nitrogen and oxygen atoms in total. The van der Waals surface area contributed by atoms with Gasteiger partial charge in [-0.25, -0.2) is 4.39 Å². The highest BCUT2D eigenvalue weighted by molar-refractivity contribution is 5.50. The molecule has 0 aliphatic heterocycles. The first-order valence-corrected chi connectivity index (χ1v) is 6.23. The lowest BCUT2D eigenvalue weighted by Gasteiger charge is -2.16. The zero-order valence-corrected chi connectivity index (χ0v) is 11.3. The minimum atomic E-state index is -1.08. The molecule has 0 saturated carbocycles. The predicted octanol–water partition coefficient (Wildman–Crippen LogP) is 3.02. The zero-order valence-electron chi connectivity index (χ0n) is 11.3. The van der Waals surface area contributed by atoms with E-state index in [0.717, 1.165) is 24.8 Å². The van der Waals surface area contributed by atoms with Gasteiger partial charge in [0.1, 0.15) is 6.17 Å². The molecular weight excluding hydrogens is 233 g/mol. The van der Waals surface area contributed by atoms with Crippen LogP contribution in [0, 0.1) is 0 Å². The molecule has 1 atom stereocenters. The molecule has 0 spiro atoms. The van der Waals surface area contributed by atoms with E-state index in [4.69, 9.17) is 15.2 Å². The second kappa shape index (κ2) is 7.21. The van der Waals surface area contributed by atoms with Crippen molar-refractivity contribution in [3.8, 4) is 11.5 Å². The van der Waals surface area contributed by atoms with Crippen molar-refractivity contribution < 1.29 is 13.9 Å². The molecule has 0 bridgehead atoms. The third-order valence-electron chi connectivity index (χ3n) is 2.92. The van der Waals surface area contributed by atoms with Gasteiger partial charge in [0, 0.05) is 5.56 Å². The van der Waals surface area contributed by atoms with Gasteiger partial charge in [0.2, 0.25) is 0 Å². The molecule has 2 N–H and O–H groups in total. The van der Waals surface area contributed by atoms with Crippen LogP contribution in [0.5, 0.6) is 11.5 Å². The standard InChI is InChI=1S/C14H22FNO2/c1-10(15)12-8-11(6-4-5-7-16)9-13(17-2)14(12)18-3/h8-10H,4-7,16H2,1-3H3. The SMILES string of the molecule is COc1cc(CCCCN)cc(C(C)F)c1OC. The Bertz CT molecular complexity index is 380. The average molecular weight is 255 g/mol. The van der Waals surface area contributed by atoms with Gasteiger partial charge in [-0.1, -0.05) is 0 Å². The number of methoxy groups -OCH3 is 2. The van der Waals surface area contributed by atoms with Crippen LogP contribution in [0.25, 0.3) is 0 Å². The molecule has 4 heteroatoms. The quantitative estimate of drug-likeness (QED) is 0.762. The number of benzene rings is 1. The molecule has 1 unspecified atom stereocenters. The van der Waals surface area contributed by atoms with Crippen LogP contribution in [0.4, 0.5) is 4.39 Å². The number of hydrogen-bond donors (Lipinski definition) is 1. The largest absolute Gasteiger partial charge is 0.493 e. The molecule has 0 aromatic heterocycles. The lowest BCUT2D eigenvalue weighted by Crippen LogP contribution is -2.01. The summed E-state index contributed by atoms with van der Waals surface area (Å²) in [6.07, 6.45) is 1.75. The average Bonchev–Trinajstić information content (AvgIpc) is 2.37. The van der Waals surface area contributed by atoms with E-state index in [1.165, 1.54) is 14.0 Å². The lowest BCUT2D eigenvalue weighted by atomic mass is 10.0. The first-order valence-electron chi connectivity index (χ1n) is 6.23. The van der Waals surface area contributed by atoms with E-state index < -0.39 is 6.17 Å². The fourth-order valence-corrected chi connectivity index (χ4v) is 1.97. The number of alkyl halides is 1. The lowest BCUT2D eigenvalue weighted by molar-refractivity contribution is 0.323. The summed E-state index contributed by atoms with van der Waals surface area (Å²) in [5.74, 6) is 1.07. The molecule has 0 aliphatic rings. The van der Waals surface area contributed by atoms with Crippen LogP contribution in [-0.4, -0.2) is 20.8 Å². The topological polar surface area (TPSA) is 44.5 Å². The minimum absolute atomic E-state index is 0.482. The number of nitrogens with two attached hydrogens (primary N) is 1. The zero-order chi connectivity index (χ0) is 13.5. The van der Waals surface area contributed by atoms with Crippen molar-refractivity contribution in [2.75, 3.05) is 20.8 Å². The summed E-state index contributed by atoms with van der Waals surface area (Å²) < 4.78 is 24.1. The van der Waals surface area contributed by atoms with Crippen molar-refractivity contribution >= 4 is 0 Å². The van der Waals surface area contributed by atoms with E-state index in [1.807, 2.05) is 12.1 Å². The molecule has 0 heterocycles. The van der Waals surface area contributed by atoms with Crippen LogP contribution in [0.3, 0.4) is 0 Å². The van der Waals surface area contributed by atoms with E-state index in [2.05, 4.69) is 0 Å². The Hall–Kier alpha value is -1.29. The minimum Gasteiger partial charge on any atom is -0.493 e. The molecule has 18 heavy (non-hydrogen) atoms. The normalized spacial score (nSPS) is 12.3. The van der Waals surface area contributed by atoms with Gasteiger partial charge in [-0.15, -0.1) is 0 Å². The summed E-state index contributed by atoms with van der Waals surface area (Å²) in [7, 11) is 3.09. The van der Waals surface area contributed by atoms with Crippen LogP contribution in [-0.2, 0) is 6.42 Å². The van der Waals surface area contributed by atoms with Gasteiger partial charge in [-0.3, -0.25) is 0 Å². The number of halogens is 1. The maximum absolute atomic E-state index is 13.6. The van der Waals surface area contributed by atoms with Crippen molar-refractivity contribution in [1.82, 2.24) is 0 Å². The molecule has 1 aromatic rings. The van der Waals surface area contributed by atoms with Crippen LogP contribution in [0.1, 0.15) is 37.1 Å². The third-order valence-corrected chi connectivity index (χ3v) is 2.92. The van der Waals surface area contributed by atoms with Gasteiger partial charge < -0.3 is 15.2 Å². The van der Waals surface area contributed by atoms with Crippen LogP contribution < -0.4 is 15.2 Å². The first-order chi connectivity index (χ1) is 8.63. The summed E-state index contributed by atoms with van der Waals surface area (Å²) in [4.78, 5) is 0. The summed E-state index contributed by atoms with van der Waals surface area (Å²) in [5, 5.41) is 0. The monoisotopic (exact) mass is 255 g/mol. The van der Waals surface area contributed by atoms with Crippen molar-refractivity contribution in [1.29, 1.82) is 0 Å². The Kier molecular flexibility index (Phi) is 5.92.